The number of amides is 2. The molecule has 0 saturated carbocycles. The molecular weight excluding hydrogens is 454 g/mol. The molecule has 3 rings (SSSR count). The second-order valence-electron chi connectivity index (χ2n) is 7.87. The van der Waals surface area contributed by atoms with Crippen molar-refractivity contribution in [1.29, 1.82) is 0 Å². The van der Waals surface area contributed by atoms with Gasteiger partial charge in [-0.1, -0.05) is 54.6 Å². The SMILES string of the molecule is CCNC(=O)[C@@H](Cc1ccccc1)N(Cc1ccc(F)cc1)C(=O)CSCc1ccc(F)cc1. The first-order chi connectivity index (χ1) is 16.5. The Labute approximate surface area is 203 Å². The van der Waals surface area contributed by atoms with Crippen LogP contribution in [-0.4, -0.2) is 35.1 Å². The molecule has 7 heteroatoms. The smallest absolute Gasteiger partial charge is 0.243 e. The van der Waals surface area contributed by atoms with Crippen LogP contribution in [0.2, 0.25) is 0 Å². The van der Waals surface area contributed by atoms with E-state index in [2.05, 4.69) is 5.32 Å². The van der Waals surface area contributed by atoms with Crippen LogP contribution in [0.5, 0.6) is 0 Å². The van der Waals surface area contributed by atoms with Crippen molar-refractivity contribution < 1.29 is 18.4 Å². The molecule has 0 aromatic heterocycles. The van der Waals surface area contributed by atoms with Gasteiger partial charge < -0.3 is 10.2 Å². The fraction of sp³-hybridized carbons (Fsp3) is 0.259. The molecule has 0 aliphatic rings. The average Bonchev–Trinajstić information content (AvgIpc) is 2.84. The second kappa shape index (κ2) is 12.9. The zero-order valence-electron chi connectivity index (χ0n) is 19.0. The van der Waals surface area contributed by atoms with Crippen LogP contribution in [0.1, 0.15) is 23.6 Å². The summed E-state index contributed by atoms with van der Waals surface area (Å²) < 4.78 is 26.6. The molecule has 2 amide bonds. The number of nitrogens with zero attached hydrogens (tertiary/aromatic N) is 1. The maximum Gasteiger partial charge on any atom is 0.243 e. The first kappa shape index (κ1) is 25.4. The Morgan fingerprint density at radius 1 is 0.853 bits per heavy atom. The number of benzene rings is 3. The van der Waals surface area contributed by atoms with E-state index in [1.807, 2.05) is 37.3 Å². The van der Waals surface area contributed by atoms with Crippen molar-refractivity contribution in [3.63, 3.8) is 0 Å². The second-order valence-corrected chi connectivity index (χ2v) is 8.85. The zero-order chi connectivity index (χ0) is 24.3. The molecule has 0 saturated heterocycles. The molecule has 3 aromatic rings. The molecule has 0 aliphatic heterocycles. The molecule has 1 atom stereocenters. The lowest BCUT2D eigenvalue weighted by molar-refractivity contribution is -0.139. The summed E-state index contributed by atoms with van der Waals surface area (Å²) in [4.78, 5) is 28.0. The van der Waals surface area contributed by atoms with Gasteiger partial charge >= 0.3 is 0 Å². The molecule has 34 heavy (non-hydrogen) atoms. The molecule has 0 unspecified atom stereocenters. The molecule has 1 N–H and O–H groups in total. The van der Waals surface area contributed by atoms with Crippen LogP contribution in [-0.2, 0) is 28.3 Å². The van der Waals surface area contributed by atoms with Gasteiger partial charge in [-0.2, -0.15) is 0 Å². The molecule has 0 heterocycles. The van der Waals surface area contributed by atoms with Crippen molar-refractivity contribution in [1.82, 2.24) is 10.2 Å². The standard InChI is InChI=1S/C27H28F2N2O2S/c1-2-30-27(33)25(16-20-6-4-3-5-7-20)31(17-21-8-12-23(28)13-9-21)26(32)19-34-18-22-10-14-24(29)15-11-22/h3-15,25H,2,16-19H2,1H3,(H,30,33)/t25-/m1/s1. The monoisotopic (exact) mass is 482 g/mol. The van der Waals surface area contributed by atoms with E-state index >= 15 is 0 Å². The van der Waals surface area contributed by atoms with Gasteiger partial charge in [-0.3, -0.25) is 9.59 Å². The van der Waals surface area contributed by atoms with Gasteiger partial charge in [-0.15, -0.1) is 11.8 Å². The third kappa shape index (κ3) is 7.70. The van der Waals surface area contributed by atoms with Crippen molar-refractivity contribution in [2.24, 2.45) is 0 Å². The van der Waals surface area contributed by atoms with Crippen LogP contribution in [0.3, 0.4) is 0 Å². The molecule has 0 fully saturated rings. The number of thioether (sulfide) groups is 1. The topological polar surface area (TPSA) is 49.4 Å². The molecule has 0 spiro atoms. The van der Waals surface area contributed by atoms with Crippen molar-refractivity contribution in [2.45, 2.75) is 31.7 Å². The minimum Gasteiger partial charge on any atom is -0.355 e. The van der Waals surface area contributed by atoms with Gasteiger partial charge in [0.15, 0.2) is 0 Å². The number of halogens is 2. The van der Waals surface area contributed by atoms with Crippen molar-refractivity contribution in [3.8, 4) is 0 Å². The van der Waals surface area contributed by atoms with Crippen molar-refractivity contribution in [2.75, 3.05) is 12.3 Å². The maximum absolute atomic E-state index is 13.4. The Bertz CT molecular complexity index is 1060. The molecule has 0 aliphatic carbocycles. The Morgan fingerprint density at radius 2 is 1.44 bits per heavy atom. The highest BCUT2D eigenvalue weighted by molar-refractivity contribution is 7.99. The molecule has 4 nitrogen and oxygen atoms in total. The highest BCUT2D eigenvalue weighted by atomic mass is 32.2. The number of nitrogens with one attached hydrogen (secondary N) is 1. The first-order valence-electron chi connectivity index (χ1n) is 11.1. The van der Waals surface area contributed by atoms with Crippen LogP contribution in [0.15, 0.2) is 78.9 Å². The summed E-state index contributed by atoms with van der Waals surface area (Å²) in [5.74, 6) is -0.388. The Morgan fingerprint density at radius 3 is 2.03 bits per heavy atom. The Kier molecular flexibility index (Phi) is 9.64. The molecule has 0 bridgehead atoms. The third-order valence-electron chi connectivity index (χ3n) is 5.30. The van der Waals surface area contributed by atoms with Crippen LogP contribution in [0.4, 0.5) is 8.78 Å². The number of carbonyl (C=O) groups excluding carboxylic acids is 2. The van der Waals surface area contributed by atoms with E-state index in [0.29, 0.717) is 18.7 Å². The predicted octanol–water partition coefficient (Wildman–Crippen LogP) is 4.97. The van der Waals surface area contributed by atoms with Crippen molar-refractivity contribution in [3.05, 3.63) is 107 Å². The summed E-state index contributed by atoms with van der Waals surface area (Å²) in [6, 6.07) is 20.9. The lowest BCUT2D eigenvalue weighted by atomic mass is 10.0. The van der Waals surface area contributed by atoms with Gasteiger partial charge in [0.1, 0.15) is 17.7 Å². The highest BCUT2D eigenvalue weighted by Gasteiger charge is 2.30. The summed E-state index contributed by atoms with van der Waals surface area (Å²) in [6.07, 6.45) is 0.363. The van der Waals surface area contributed by atoms with Gasteiger partial charge in [0.25, 0.3) is 0 Å². The normalized spacial score (nSPS) is 11.6. The summed E-state index contributed by atoms with van der Waals surface area (Å²) in [6.45, 7) is 2.47. The minimum atomic E-state index is -0.716. The van der Waals surface area contributed by atoms with E-state index in [4.69, 9.17) is 0 Å². The Balaban J connectivity index is 1.81. The molecular formula is C27H28F2N2O2S. The van der Waals surface area contributed by atoms with Gasteiger partial charge in [-0.25, -0.2) is 8.78 Å². The molecule has 3 aromatic carbocycles. The van der Waals surface area contributed by atoms with Crippen LogP contribution in [0, 0.1) is 11.6 Å². The molecule has 0 radical (unpaired) electrons. The fourth-order valence-electron chi connectivity index (χ4n) is 3.55. The van der Waals surface area contributed by atoms with Gasteiger partial charge in [0.05, 0.1) is 5.75 Å². The number of hydrogen-bond donors (Lipinski definition) is 1. The number of likely N-dealkylation sites (N-methyl/N-ethyl adjacent to an activating group) is 1. The quantitative estimate of drug-likeness (QED) is 0.420. The maximum atomic E-state index is 13.4. The van der Waals surface area contributed by atoms with E-state index in [1.54, 1.807) is 29.2 Å². The van der Waals surface area contributed by atoms with E-state index in [1.165, 1.54) is 36.0 Å². The van der Waals surface area contributed by atoms with Gasteiger partial charge in [0.2, 0.25) is 11.8 Å². The largest absolute Gasteiger partial charge is 0.355 e. The Hall–Kier alpha value is -3.19. The average molecular weight is 483 g/mol. The van der Waals surface area contributed by atoms with Crippen LogP contribution < -0.4 is 5.32 Å². The van der Waals surface area contributed by atoms with E-state index < -0.39 is 6.04 Å². The summed E-state index contributed by atoms with van der Waals surface area (Å²) in [7, 11) is 0. The minimum absolute atomic E-state index is 0.156. The van der Waals surface area contributed by atoms with Crippen LogP contribution in [0.25, 0.3) is 0 Å². The van der Waals surface area contributed by atoms with Gasteiger partial charge in [0, 0.05) is 25.3 Å². The fourth-order valence-corrected chi connectivity index (χ4v) is 4.42. The van der Waals surface area contributed by atoms with Crippen LogP contribution >= 0.6 is 11.8 Å². The van der Waals surface area contributed by atoms with Crippen molar-refractivity contribution >= 4 is 23.6 Å². The predicted molar refractivity (Wildman–Crippen MR) is 132 cm³/mol. The lowest BCUT2D eigenvalue weighted by Crippen LogP contribution is -2.51. The summed E-state index contributed by atoms with van der Waals surface area (Å²) in [5.41, 5.74) is 2.59. The molecule has 178 valence electrons. The van der Waals surface area contributed by atoms with E-state index in [9.17, 15) is 18.4 Å². The van der Waals surface area contributed by atoms with E-state index in [-0.39, 0.29) is 35.7 Å². The lowest BCUT2D eigenvalue weighted by Gasteiger charge is -2.31. The number of carbonyl (C=O) groups is 2. The zero-order valence-corrected chi connectivity index (χ0v) is 19.9. The highest BCUT2D eigenvalue weighted by Crippen LogP contribution is 2.19. The van der Waals surface area contributed by atoms with E-state index in [0.717, 1.165) is 16.7 Å². The third-order valence-corrected chi connectivity index (χ3v) is 6.28. The first-order valence-corrected chi connectivity index (χ1v) is 12.3. The number of hydrogen-bond acceptors (Lipinski definition) is 3. The number of rotatable bonds is 11. The summed E-state index contributed by atoms with van der Waals surface area (Å²) in [5, 5.41) is 2.85. The summed E-state index contributed by atoms with van der Waals surface area (Å²) >= 11 is 1.41. The van der Waals surface area contributed by atoms with Gasteiger partial charge in [-0.05, 0) is 47.9 Å².